The first-order valence-electron chi connectivity index (χ1n) is 8.26. The van der Waals surface area contributed by atoms with Crippen LogP contribution >= 0.6 is 0 Å². The minimum Gasteiger partial charge on any atom is -0.364 e. The highest BCUT2D eigenvalue weighted by molar-refractivity contribution is 5.89. The normalized spacial score (nSPS) is 15.8. The quantitative estimate of drug-likeness (QED) is 0.912. The summed E-state index contributed by atoms with van der Waals surface area (Å²) in [7, 11) is 0. The minimum atomic E-state index is -0.663. The van der Waals surface area contributed by atoms with Crippen LogP contribution in [-0.2, 0) is 16.0 Å². The van der Waals surface area contributed by atoms with Crippen LogP contribution in [0.25, 0.3) is 0 Å². The van der Waals surface area contributed by atoms with Crippen LogP contribution in [-0.4, -0.2) is 35.0 Å². The van der Waals surface area contributed by atoms with Gasteiger partial charge in [-0.2, -0.15) is 0 Å². The van der Waals surface area contributed by atoms with Crippen LogP contribution in [0.15, 0.2) is 47.2 Å². The number of nitrogens with one attached hydrogen (secondary N) is 1. The van der Waals surface area contributed by atoms with Crippen LogP contribution in [0.2, 0.25) is 0 Å². The number of benzene rings is 1. The summed E-state index contributed by atoms with van der Waals surface area (Å²) in [6.45, 7) is 1.50. The molecule has 126 valence electrons. The maximum atomic E-state index is 12.9. The molecule has 1 saturated heterocycles. The Morgan fingerprint density at radius 1 is 1.12 bits per heavy atom. The average molecular weight is 327 g/mol. The van der Waals surface area contributed by atoms with Gasteiger partial charge in [-0.15, -0.1) is 0 Å². The van der Waals surface area contributed by atoms with Crippen molar-refractivity contribution in [2.75, 3.05) is 13.1 Å². The first-order valence-corrected chi connectivity index (χ1v) is 8.26. The molecule has 2 heterocycles. The van der Waals surface area contributed by atoms with Gasteiger partial charge in [0.05, 0.1) is 12.1 Å². The summed E-state index contributed by atoms with van der Waals surface area (Å²) in [6, 6.07) is 10.3. The highest BCUT2D eigenvalue weighted by Gasteiger charge is 2.28. The van der Waals surface area contributed by atoms with Gasteiger partial charge in [-0.05, 0) is 24.8 Å². The Hall–Kier alpha value is -2.63. The number of piperidine rings is 1. The molecule has 0 unspecified atom stereocenters. The van der Waals surface area contributed by atoms with Crippen LogP contribution < -0.4 is 5.32 Å². The number of rotatable bonds is 5. The predicted molar refractivity (Wildman–Crippen MR) is 88.0 cm³/mol. The molecule has 3 rings (SSSR count). The Labute approximate surface area is 140 Å². The number of aromatic nitrogens is 1. The summed E-state index contributed by atoms with van der Waals surface area (Å²) >= 11 is 0. The topological polar surface area (TPSA) is 75.4 Å². The third kappa shape index (κ3) is 4.01. The molecule has 1 aromatic carbocycles. The van der Waals surface area contributed by atoms with E-state index in [9.17, 15) is 9.59 Å². The third-order valence-electron chi connectivity index (χ3n) is 4.19. The summed E-state index contributed by atoms with van der Waals surface area (Å²) in [5.41, 5.74) is 1.34. The van der Waals surface area contributed by atoms with Crippen molar-refractivity contribution >= 4 is 11.8 Å². The number of likely N-dealkylation sites (tertiary alicyclic amines) is 1. The van der Waals surface area contributed by atoms with E-state index in [-0.39, 0.29) is 18.2 Å². The largest absolute Gasteiger partial charge is 0.364 e. The van der Waals surface area contributed by atoms with Gasteiger partial charge in [0.15, 0.2) is 0 Å². The van der Waals surface area contributed by atoms with Crippen molar-refractivity contribution in [2.45, 2.75) is 31.7 Å². The van der Waals surface area contributed by atoms with Crippen LogP contribution in [0, 0.1) is 0 Å². The van der Waals surface area contributed by atoms with E-state index in [4.69, 9.17) is 4.52 Å². The molecule has 0 radical (unpaired) electrons. The Kier molecular flexibility index (Phi) is 5.25. The summed E-state index contributed by atoms with van der Waals surface area (Å²) < 4.78 is 4.74. The van der Waals surface area contributed by atoms with Gasteiger partial charge in [-0.25, -0.2) is 0 Å². The van der Waals surface area contributed by atoms with Gasteiger partial charge in [0.2, 0.25) is 11.8 Å². The molecule has 2 aromatic rings. The number of hydrogen-bond donors (Lipinski definition) is 1. The van der Waals surface area contributed by atoms with Gasteiger partial charge in [-0.1, -0.05) is 35.5 Å². The molecule has 0 spiro atoms. The van der Waals surface area contributed by atoms with E-state index in [0.717, 1.165) is 37.9 Å². The van der Waals surface area contributed by atoms with Crippen molar-refractivity contribution < 1.29 is 14.1 Å². The van der Waals surface area contributed by atoms with Crippen LogP contribution in [0.5, 0.6) is 0 Å². The molecule has 1 aliphatic heterocycles. The number of hydrogen-bond acceptors (Lipinski definition) is 4. The fraction of sp³-hybridized carbons (Fsp3) is 0.389. The lowest BCUT2D eigenvalue weighted by Crippen LogP contribution is -2.45. The monoisotopic (exact) mass is 327 g/mol. The zero-order valence-electron chi connectivity index (χ0n) is 13.5. The predicted octanol–water partition coefficient (Wildman–Crippen LogP) is 2.09. The van der Waals surface area contributed by atoms with Crippen molar-refractivity contribution in [2.24, 2.45) is 0 Å². The van der Waals surface area contributed by atoms with E-state index in [2.05, 4.69) is 10.5 Å². The van der Waals surface area contributed by atoms with E-state index >= 15 is 0 Å². The third-order valence-corrected chi connectivity index (χ3v) is 4.19. The summed E-state index contributed by atoms with van der Waals surface area (Å²) in [5, 5.41) is 6.60. The lowest BCUT2D eigenvalue weighted by Gasteiger charge is -2.31. The number of amides is 2. The Bertz CT molecular complexity index is 664. The molecular weight excluding hydrogens is 306 g/mol. The molecule has 6 heteroatoms. The highest BCUT2D eigenvalue weighted by atomic mass is 16.5. The molecule has 6 nitrogen and oxygen atoms in total. The van der Waals surface area contributed by atoms with E-state index in [1.807, 2.05) is 35.2 Å². The lowest BCUT2D eigenvalue weighted by atomic mass is 10.0. The van der Waals surface area contributed by atoms with Gasteiger partial charge in [0.25, 0.3) is 0 Å². The van der Waals surface area contributed by atoms with Crippen LogP contribution in [0.3, 0.4) is 0 Å². The SMILES string of the molecule is O=C(Cc1ccon1)N[C@H](C(=O)N1CCCCC1)c1ccccc1. The van der Waals surface area contributed by atoms with Crippen molar-refractivity contribution in [3.05, 3.63) is 53.9 Å². The van der Waals surface area contributed by atoms with Gasteiger partial charge in [0.1, 0.15) is 12.3 Å². The summed E-state index contributed by atoms with van der Waals surface area (Å²) in [5.74, 6) is -0.294. The summed E-state index contributed by atoms with van der Waals surface area (Å²) in [6.07, 6.45) is 4.70. The van der Waals surface area contributed by atoms with E-state index in [1.54, 1.807) is 6.07 Å². The fourth-order valence-corrected chi connectivity index (χ4v) is 2.94. The van der Waals surface area contributed by atoms with Crippen LogP contribution in [0.4, 0.5) is 0 Å². The highest BCUT2D eigenvalue weighted by Crippen LogP contribution is 2.19. The summed E-state index contributed by atoms with van der Waals surface area (Å²) in [4.78, 5) is 27.1. The van der Waals surface area contributed by atoms with E-state index in [1.165, 1.54) is 6.26 Å². The van der Waals surface area contributed by atoms with Crippen LogP contribution in [0.1, 0.15) is 36.6 Å². The maximum absolute atomic E-state index is 12.9. The first-order chi connectivity index (χ1) is 11.7. The smallest absolute Gasteiger partial charge is 0.249 e. The maximum Gasteiger partial charge on any atom is 0.249 e. The molecule has 0 saturated carbocycles. The van der Waals surface area contributed by atoms with E-state index in [0.29, 0.717) is 5.69 Å². The molecule has 1 aromatic heterocycles. The molecule has 1 atom stereocenters. The van der Waals surface area contributed by atoms with Crippen molar-refractivity contribution in [1.82, 2.24) is 15.4 Å². The molecule has 0 bridgehead atoms. The zero-order chi connectivity index (χ0) is 16.8. The Balaban J connectivity index is 1.74. The zero-order valence-corrected chi connectivity index (χ0v) is 13.5. The van der Waals surface area contributed by atoms with Crippen molar-refractivity contribution in [3.8, 4) is 0 Å². The Morgan fingerprint density at radius 2 is 1.88 bits per heavy atom. The fourth-order valence-electron chi connectivity index (χ4n) is 2.94. The second-order valence-electron chi connectivity index (χ2n) is 5.96. The Morgan fingerprint density at radius 3 is 2.54 bits per heavy atom. The molecule has 1 fully saturated rings. The van der Waals surface area contributed by atoms with Crippen molar-refractivity contribution in [3.63, 3.8) is 0 Å². The second kappa shape index (κ2) is 7.77. The van der Waals surface area contributed by atoms with Gasteiger partial charge in [-0.3, -0.25) is 9.59 Å². The standard InChI is InChI=1S/C18H21N3O3/c22-16(13-15-9-12-24-20-15)19-17(14-7-3-1-4-8-14)18(23)21-10-5-2-6-11-21/h1,3-4,7-9,12,17H,2,5-6,10-11,13H2,(H,19,22)/t17-/m0/s1. The molecule has 24 heavy (non-hydrogen) atoms. The average Bonchev–Trinajstić information content (AvgIpc) is 3.13. The second-order valence-corrected chi connectivity index (χ2v) is 5.96. The van der Waals surface area contributed by atoms with Gasteiger partial charge >= 0.3 is 0 Å². The number of carbonyl (C=O) groups excluding carboxylic acids is 2. The number of nitrogens with zero attached hydrogens (tertiary/aromatic N) is 2. The van der Waals surface area contributed by atoms with Crippen molar-refractivity contribution in [1.29, 1.82) is 0 Å². The van der Waals surface area contributed by atoms with Gasteiger partial charge in [0, 0.05) is 19.2 Å². The van der Waals surface area contributed by atoms with Gasteiger partial charge < -0.3 is 14.7 Å². The molecule has 2 amide bonds. The molecule has 1 aliphatic rings. The minimum absolute atomic E-state index is 0.0468. The van der Waals surface area contributed by atoms with E-state index < -0.39 is 6.04 Å². The number of carbonyl (C=O) groups is 2. The molecule has 1 N–H and O–H groups in total. The lowest BCUT2D eigenvalue weighted by molar-refractivity contribution is -0.137. The molecule has 0 aliphatic carbocycles. The molecular formula is C18H21N3O3. The first kappa shape index (κ1) is 16.2.